The van der Waals surface area contributed by atoms with Gasteiger partial charge in [0.1, 0.15) is 0 Å². The average Bonchev–Trinajstić information content (AvgIpc) is 3.05. The fourth-order valence-corrected chi connectivity index (χ4v) is 3.56. The molecule has 7 heteroatoms. The van der Waals surface area contributed by atoms with Gasteiger partial charge >= 0.3 is 5.69 Å². The van der Waals surface area contributed by atoms with Crippen LogP contribution in [0.25, 0.3) is 22.2 Å². The van der Waals surface area contributed by atoms with Crippen LogP contribution >= 0.6 is 15.9 Å². The van der Waals surface area contributed by atoms with Gasteiger partial charge in [0.2, 0.25) is 0 Å². The van der Waals surface area contributed by atoms with Crippen LogP contribution in [0.15, 0.2) is 68.9 Å². The zero-order valence-electron chi connectivity index (χ0n) is 14.9. The van der Waals surface area contributed by atoms with Crippen molar-refractivity contribution in [3.8, 4) is 11.3 Å². The molecule has 27 heavy (non-hydrogen) atoms. The van der Waals surface area contributed by atoms with E-state index in [4.69, 9.17) is 0 Å². The SMILES string of the molecule is Cn1c(=O)c2c(-c3ccc(Br)cc3)n(Cc3ccccn3)cc2n(C)c1=O. The van der Waals surface area contributed by atoms with Crippen LogP contribution in [0.1, 0.15) is 5.69 Å². The summed E-state index contributed by atoms with van der Waals surface area (Å²) >= 11 is 3.45. The molecule has 0 aliphatic carbocycles. The molecule has 3 aromatic heterocycles. The molecule has 0 radical (unpaired) electrons. The van der Waals surface area contributed by atoms with Crippen LogP contribution in [-0.4, -0.2) is 18.7 Å². The number of benzene rings is 1. The third kappa shape index (κ3) is 2.94. The summed E-state index contributed by atoms with van der Waals surface area (Å²) in [6.07, 6.45) is 3.59. The number of hydrogen-bond acceptors (Lipinski definition) is 3. The Bertz CT molecular complexity index is 1250. The lowest BCUT2D eigenvalue weighted by molar-refractivity contribution is 0.714. The molecular weight excluding hydrogens is 408 g/mol. The largest absolute Gasteiger partial charge is 0.339 e. The van der Waals surface area contributed by atoms with Gasteiger partial charge in [0.15, 0.2) is 0 Å². The van der Waals surface area contributed by atoms with E-state index in [-0.39, 0.29) is 11.2 Å². The molecule has 0 unspecified atom stereocenters. The molecule has 0 aliphatic rings. The number of aromatic nitrogens is 4. The van der Waals surface area contributed by atoms with Crippen molar-refractivity contribution in [3.05, 3.63) is 85.9 Å². The first kappa shape index (κ1) is 17.5. The van der Waals surface area contributed by atoms with Gasteiger partial charge in [-0.25, -0.2) is 4.79 Å². The summed E-state index contributed by atoms with van der Waals surface area (Å²) in [6.45, 7) is 0.498. The Morgan fingerprint density at radius 3 is 2.41 bits per heavy atom. The second kappa shape index (κ2) is 6.66. The van der Waals surface area contributed by atoms with Gasteiger partial charge in [0.05, 0.1) is 28.8 Å². The molecule has 4 aromatic rings. The second-order valence-corrected chi connectivity index (χ2v) is 7.32. The van der Waals surface area contributed by atoms with E-state index in [0.29, 0.717) is 17.4 Å². The maximum atomic E-state index is 12.9. The van der Waals surface area contributed by atoms with Crippen molar-refractivity contribution in [2.24, 2.45) is 14.1 Å². The average molecular weight is 425 g/mol. The zero-order valence-corrected chi connectivity index (χ0v) is 16.5. The van der Waals surface area contributed by atoms with E-state index in [1.807, 2.05) is 53.2 Å². The molecule has 6 nitrogen and oxygen atoms in total. The Labute approximate surface area is 163 Å². The summed E-state index contributed by atoms with van der Waals surface area (Å²) in [5.74, 6) is 0. The van der Waals surface area contributed by atoms with Gasteiger partial charge in [-0.05, 0) is 29.8 Å². The fourth-order valence-electron chi connectivity index (χ4n) is 3.30. The Kier molecular flexibility index (Phi) is 4.31. The van der Waals surface area contributed by atoms with Crippen LogP contribution in [-0.2, 0) is 20.6 Å². The van der Waals surface area contributed by atoms with E-state index in [0.717, 1.165) is 26.0 Å². The molecular formula is C20H17BrN4O2. The van der Waals surface area contributed by atoms with E-state index in [9.17, 15) is 9.59 Å². The zero-order chi connectivity index (χ0) is 19.1. The Balaban J connectivity index is 2.07. The van der Waals surface area contributed by atoms with E-state index in [2.05, 4.69) is 20.9 Å². The molecule has 0 saturated carbocycles. The van der Waals surface area contributed by atoms with Crippen LogP contribution in [0, 0.1) is 0 Å². The Hall–Kier alpha value is -2.93. The summed E-state index contributed by atoms with van der Waals surface area (Å²) in [4.78, 5) is 29.7. The maximum Gasteiger partial charge on any atom is 0.330 e. The van der Waals surface area contributed by atoms with Gasteiger partial charge in [0, 0.05) is 31.0 Å². The summed E-state index contributed by atoms with van der Waals surface area (Å²) in [6, 6.07) is 13.5. The molecule has 0 bridgehead atoms. The van der Waals surface area contributed by atoms with Crippen molar-refractivity contribution >= 4 is 26.8 Å². The van der Waals surface area contributed by atoms with Gasteiger partial charge in [-0.2, -0.15) is 0 Å². The Morgan fingerprint density at radius 1 is 1.00 bits per heavy atom. The number of hydrogen-bond donors (Lipinski definition) is 0. The van der Waals surface area contributed by atoms with Gasteiger partial charge in [-0.3, -0.25) is 18.9 Å². The van der Waals surface area contributed by atoms with Crippen LogP contribution in [0.2, 0.25) is 0 Å². The number of nitrogens with zero attached hydrogens (tertiary/aromatic N) is 4. The summed E-state index contributed by atoms with van der Waals surface area (Å²) < 4.78 is 5.60. The molecule has 0 aliphatic heterocycles. The van der Waals surface area contributed by atoms with E-state index >= 15 is 0 Å². The standard InChI is InChI=1S/C20H17BrN4O2/c1-23-16-12-25(11-15-5-3-4-10-22-15)18(13-6-8-14(21)9-7-13)17(16)19(26)24(2)20(23)27/h3-10,12H,11H2,1-2H3. The number of aryl methyl sites for hydroxylation is 1. The lowest BCUT2D eigenvalue weighted by Crippen LogP contribution is -2.36. The lowest BCUT2D eigenvalue weighted by atomic mass is 10.1. The molecule has 0 fully saturated rings. The van der Waals surface area contributed by atoms with Crippen molar-refractivity contribution < 1.29 is 0 Å². The monoisotopic (exact) mass is 424 g/mol. The van der Waals surface area contributed by atoms with Gasteiger partial charge in [0.25, 0.3) is 5.56 Å². The number of pyridine rings is 1. The lowest BCUT2D eigenvalue weighted by Gasteiger charge is -2.10. The molecule has 0 amide bonds. The normalized spacial score (nSPS) is 11.2. The minimum absolute atomic E-state index is 0.300. The summed E-state index contributed by atoms with van der Waals surface area (Å²) in [5, 5.41) is 0.526. The molecule has 3 heterocycles. The molecule has 0 N–H and O–H groups in total. The summed E-state index contributed by atoms with van der Waals surface area (Å²) in [7, 11) is 3.19. The molecule has 1 aromatic carbocycles. The molecule has 136 valence electrons. The highest BCUT2D eigenvalue weighted by Gasteiger charge is 2.19. The van der Waals surface area contributed by atoms with Crippen molar-refractivity contribution in [1.82, 2.24) is 18.7 Å². The van der Waals surface area contributed by atoms with Crippen molar-refractivity contribution in [2.45, 2.75) is 6.54 Å². The quantitative estimate of drug-likeness (QED) is 0.507. The first-order chi connectivity index (χ1) is 13.0. The molecule has 0 saturated heterocycles. The van der Waals surface area contributed by atoms with Gasteiger partial charge in [-0.1, -0.05) is 34.1 Å². The van der Waals surface area contributed by atoms with Crippen LogP contribution in [0.5, 0.6) is 0 Å². The highest BCUT2D eigenvalue weighted by Crippen LogP contribution is 2.29. The van der Waals surface area contributed by atoms with E-state index < -0.39 is 0 Å². The molecule has 0 atom stereocenters. The molecule has 0 spiro atoms. The van der Waals surface area contributed by atoms with Crippen molar-refractivity contribution in [3.63, 3.8) is 0 Å². The topological polar surface area (TPSA) is 61.8 Å². The first-order valence-corrected chi connectivity index (χ1v) is 9.21. The van der Waals surface area contributed by atoms with Crippen LogP contribution < -0.4 is 11.2 Å². The Morgan fingerprint density at radius 2 is 1.74 bits per heavy atom. The number of rotatable bonds is 3. The van der Waals surface area contributed by atoms with Crippen LogP contribution in [0.4, 0.5) is 0 Å². The first-order valence-electron chi connectivity index (χ1n) is 8.42. The fraction of sp³-hybridized carbons (Fsp3) is 0.150. The van der Waals surface area contributed by atoms with Crippen molar-refractivity contribution in [1.29, 1.82) is 0 Å². The molecule has 4 rings (SSSR count). The highest BCUT2D eigenvalue weighted by molar-refractivity contribution is 9.10. The second-order valence-electron chi connectivity index (χ2n) is 6.40. The summed E-state index contributed by atoms with van der Waals surface area (Å²) in [5.41, 5.74) is 2.52. The smallest absolute Gasteiger partial charge is 0.330 e. The van der Waals surface area contributed by atoms with Crippen LogP contribution in [0.3, 0.4) is 0 Å². The van der Waals surface area contributed by atoms with Crippen molar-refractivity contribution in [2.75, 3.05) is 0 Å². The maximum absolute atomic E-state index is 12.9. The number of halogens is 1. The predicted molar refractivity (Wildman–Crippen MR) is 109 cm³/mol. The third-order valence-corrected chi connectivity index (χ3v) is 5.22. The van der Waals surface area contributed by atoms with Gasteiger partial charge < -0.3 is 4.57 Å². The minimum atomic E-state index is -0.343. The van der Waals surface area contributed by atoms with E-state index in [1.165, 1.54) is 11.6 Å². The minimum Gasteiger partial charge on any atom is -0.339 e. The van der Waals surface area contributed by atoms with E-state index in [1.54, 1.807) is 13.2 Å². The van der Waals surface area contributed by atoms with Gasteiger partial charge in [-0.15, -0.1) is 0 Å². The number of fused-ring (bicyclic) bond motifs is 1. The highest BCUT2D eigenvalue weighted by atomic mass is 79.9. The predicted octanol–water partition coefficient (Wildman–Crippen LogP) is 2.91. The third-order valence-electron chi connectivity index (χ3n) is 4.69.